The molecule has 0 saturated heterocycles. The van der Waals surface area contributed by atoms with E-state index in [0.717, 1.165) is 18.8 Å². The lowest BCUT2D eigenvalue weighted by Gasteiger charge is -2.21. The molecule has 106 valence electrons. The first kappa shape index (κ1) is 14.6. The summed E-state index contributed by atoms with van der Waals surface area (Å²) in [4.78, 5) is 0. The molecular weight excluding hydrogens is 246 g/mol. The molecular formula is C18H23NO. The minimum atomic E-state index is 0.156. The summed E-state index contributed by atoms with van der Waals surface area (Å²) in [6.07, 6.45) is 1.02. The molecule has 1 N–H and O–H groups in total. The van der Waals surface area contributed by atoms with Crippen molar-refractivity contribution in [3.8, 4) is 5.75 Å². The molecule has 0 aliphatic rings. The van der Waals surface area contributed by atoms with Crippen LogP contribution < -0.4 is 10.1 Å². The van der Waals surface area contributed by atoms with Crippen LogP contribution in [0.2, 0.25) is 0 Å². The van der Waals surface area contributed by atoms with Gasteiger partial charge in [-0.15, -0.1) is 0 Å². The number of rotatable bonds is 6. The van der Waals surface area contributed by atoms with E-state index in [9.17, 15) is 0 Å². The van der Waals surface area contributed by atoms with Gasteiger partial charge in [0.2, 0.25) is 0 Å². The number of aryl methyl sites for hydroxylation is 1. The molecule has 2 nitrogen and oxygen atoms in total. The van der Waals surface area contributed by atoms with Gasteiger partial charge in [0.05, 0.1) is 12.6 Å². The van der Waals surface area contributed by atoms with Gasteiger partial charge >= 0.3 is 0 Å². The van der Waals surface area contributed by atoms with E-state index in [2.05, 4.69) is 55.6 Å². The first-order valence-electron chi connectivity index (χ1n) is 7.21. The molecule has 0 bridgehead atoms. The van der Waals surface area contributed by atoms with Gasteiger partial charge in [-0.05, 0) is 32.0 Å². The predicted octanol–water partition coefficient (Wildman–Crippen LogP) is 4.09. The van der Waals surface area contributed by atoms with E-state index in [1.165, 1.54) is 16.7 Å². The van der Waals surface area contributed by atoms with Crippen LogP contribution in [-0.2, 0) is 0 Å². The summed E-state index contributed by atoms with van der Waals surface area (Å²) >= 11 is 0. The molecule has 0 aromatic heterocycles. The van der Waals surface area contributed by atoms with Crippen molar-refractivity contribution in [3.05, 3.63) is 65.2 Å². The Morgan fingerprint density at radius 3 is 2.60 bits per heavy atom. The molecule has 0 radical (unpaired) electrons. The molecule has 20 heavy (non-hydrogen) atoms. The van der Waals surface area contributed by atoms with Gasteiger partial charge < -0.3 is 10.1 Å². The normalized spacial score (nSPS) is 12.2. The maximum Gasteiger partial charge on any atom is 0.124 e. The van der Waals surface area contributed by atoms with Gasteiger partial charge in [0.25, 0.3) is 0 Å². The number of para-hydroxylation sites is 1. The minimum absolute atomic E-state index is 0.156. The zero-order valence-electron chi connectivity index (χ0n) is 12.5. The van der Waals surface area contributed by atoms with Gasteiger partial charge in [0, 0.05) is 5.56 Å². The number of nitrogens with one attached hydrogen (secondary N) is 1. The SMILES string of the molecule is CCCOc1ccccc1C(NC)c1cccc(C)c1. The Kier molecular flexibility index (Phi) is 5.19. The molecule has 0 aliphatic carbocycles. The van der Waals surface area contributed by atoms with Crippen molar-refractivity contribution in [2.75, 3.05) is 13.7 Å². The van der Waals surface area contributed by atoms with Gasteiger partial charge in [0.15, 0.2) is 0 Å². The molecule has 2 aromatic rings. The second-order valence-electron chi connectivity index (χ2n) is 5.02. The molecule has 1 unspecified atom stereocenters. The predicted molar refractivity (Wildman–Crippen MR) is 84.3 cm³/mol. The van der Waals surface area contributed by atoms with Gasteiger partial charge in [-0.25, -0.2) is 0 Å². The fourth-order valence-corrected chi connectivity index (χ4v) is 2.41. The van der Waals surface area contributed by atoms with Crippen LogP contribution in [0.15, 0.2) is 48.5 Å². The van der Waals surface area contributed by atoms with Crippen molar-refractivity contribution < 1.29 is 4.74 Å². The zero-order valence-corrected chi connectivity index (χ0v) is 12.5. The van der Waals surface area contributed by atoms with Gasteiger partial charge in [-0.3, -0.25) is 0 Å². The maximum absolute atomic E-state index is 5.88. The second kappa shape index (κ2) is 7.11. The molecule has 0 fully saturated rings. The van der Waals surface area contributed by atoms with E-state index in [1.54, 1.807) is 0 Å². The van der Waals surface area contributed by atoms with Crippen LogP contribution >= 0.6 is 0 Å². The zero-order chi connectivity index (χ0) is 14.4. The van der Waals surface area contributed by atoms with Crippen molar-refractivity contribution >= 4 is 0 Å². The van der Waals surface area contributed by atoms with Crippen LogP contribution in [0.5, 0.6) is 5.75 Å². The number of ether oxygens (including phenoxy) is 1. The lowest BCUT2D eigenvalue weighted by molar-refractivity contribution is 0.312. The van der Waals surface area contributed by atoms with E-state index in [-0.39, 0.29) is 6.04 Å². The average Bonchev–Trinajstić information content (AvgIpc) is 2.47. The van der Waals surface area contributed by atoms with Crippen molar-refractivity contribution in [2.45, 2.75) is 26.3 Å². The van der Waals surface area contributed by atoms with Crippen LogP contribution in [0.25, 0.3) is 0 Å². The van der Waals surface area contributed by atoms with E-state index in [1.807, 2.05) is 19.2 Å². The van der Waals surface area contributed by atoms with Crippen molar-refractivity contribution in [2.24, 2.45) is 0 Å². The van der Waals surface area contributed by atoms with Crippen LogP contribution in [0.3, 0.4) is 0 Å². The van der Waals surface area contributed by atoms with Crippen LogP contribution in [-0.4, -0.2) is 13.7 Å². The van der Waals surface area contributed by atoms with Gasteiger partial charge in [-0.2, -0.15) is 0 Å². The Morgan fingerprint density at radius 2 is 1.90 bits per heavy atom. The number of hydrogen-bond donors (Lipinski definition) is 1. The highest BCUT2D eigenvalue weighted by molar-refractivity contribution is 5.42. The molecule has 2 aromatic carbocycles. The molecule has 0 spiro atoms. The number of benzene rings is 2. The molecule has 0 heterocycles. The molecule has 0 amide bonds. The molecule has 1 atom stereocenters. The number of hydrogen-bond acceptors (Lipinski definition) is 2. The first-order valence-corrected chi connectivity index (χ1v) is 7.21. The highest BCUT2D eigenvalue weighted by Crippen LogP contribution is 2.30. The van der Waals surface area contributed by atoms with Crippen LogP contribution in [0.4, 0.5) is 0 Å². The third-order valence-electron chi connectivity index (χ3n) is 3.36. The van der Waals surface area contributed by atoms with Crippen LogP contribution in [0, 0.1) is 6.92 Å². The third-order valence-corrected chi connectivity index (χ3v) is 3.36. The summed E-state index contributed by atoms with van der Waals surface area (Å²) in [5.41, 5.74) is 3.73. The van der Waals surface area contributed by atoms with E-state index >= 15 is 0 Å². The standard InChI is InChI=1S/C18H23NO/c1-4-12-20-17-11-6-5-10-16(17)18(19-3)15-9-7-8-14(2)13-15/h5-11,13,18-19H,4,12H2,1-3H3. The second-order valence-corrected chi connectivity index (χ2v) is 5.02. The Hall–Kier alpha value is -1.80. The summed E-state index contributed by atoms with van der Waals surface area (Å²) in [6, 6.07) is 17.0. The molecule has 2 rings (SSSR count). The molecule has 0 aliphatic heterocycles. The summed E-state index contributed by atoms with van der Waals surface area (Å²) in [5, 5.41) is 3.40. The third kappa shape index (κ3) is 3.40. The van der Waals surface area contributed by atoms with E-state index in [4.69, 9.17) is 4.74 Å². The Balaban J connectivity index is 2.36. The largest absolute Gasteiger partial charge is 0.493 e. The van der Waals surface area contributed by atoms with Crippen molar-refractivity contribution in [3.63, 3.8) is 0 Å². The minimum Gasteiger partial charge on any atom is -0.493 e. The summed E-state index contributed by atoms with van der Waals surface area (Å²) in [5.74, 6) is 0.968. The van der Waals surface area contributed by atoms with Gasteiger partial charge in [0.1, 0.15) is 5.75 Å². The van der Waals surface area contributed by atoms with Gasteiger partial charge in [-0.1, -0.05) is 55.0 Å². The van der Waals surface area contributed by atoms with E-state index in [0.29, 0.717) is 0 Å². The monoisotopic (exact) mass is 269 g/mol. The van der Waals surface area contributed by atoms with E-state index < -0.39 is 0 Å². The first-order chi connectivity index (χ1) is 9.76. The molecule has 2 heteroatoms. The average molecular weight is 269 g/mol. The van der Waals surface area contributed by atoms with Crippen LogP contribution in [0.1, 0.15) is 36.1 Å². The quantitative estimate of drug-likeness (QED) is 0.852. The smallest absolute Gasteiger partial charge is 0.124 e. The lowest BCUT2D eigenvalue weighted by Crippen LogP contribution is -2.18. The fraction of sp³-hybridized carbons (Fsp3) is 0.333. The molecule has 0 saturated carbocycles. The Labute approximate surface area is 121 Å². The highest BCUT2D eigenvalue weighted by atomic mass is 16.5. The van der Waals surface area contributed by atoms with Crippen molar-refractivity contribution in [1.82, 2.24) is 5.32 Å². The fourth-order valence-electron chi connectivity index (χ4n) is 2.41. The maximum atomic E-state index is 5.88. The topological polar surface area (TPSA) is 21.3 Å². The lowest BCUT2D eigenvalue weighted by atomic mass is 9.97. The highest BCUT2D eigenvalue weighted by Gasteiger charge is 2.16. The Bertz CT molecular complexity index is 551. The summed E-state index contributed by atoms with van der Waals surface area (Å²) in [6.45, 7) is 5.00. The summed E-state index contributed by atoms with van der Waals surface area (Å²) in [7, 11) is 1.99. The van der Waals surface area contributed by atoms with Crippen molar-refractivity contribution in [1.29, 1.82) is 0 Å². The summed E-state index contributed by atoms with van der Waals surface area (Å²) < 4.78 is 5.88. The Morgan fingerprint density at radius 1 is 1.10 bits per heavy atom.